The molecule has 0 fully saturated rings. The van der Waals surface area contributed by atoms with Gasteiger partial charge in [-0.25, -0.2) is 0 Å². The van der Waals surface area contributed by atoms with E-state index in [1.165, 1.54) is 270 Å². The van der Waals surface area contributed by atoms with Crippen LogP contribution < -0.4 is 10.2 Å². The van der Waals surface area contributed by atoms with Gasteiger partial charge in [0.2, 0.25) is 5.91 Å². The number of nitrogens with one attached hydrogen (secondary N) is 1. The Labute approximate surface area is 455 Å². The lowest BCUT2D eigenvalue weighted by atomic mass is 10.0. The minimum atomic E-state index is -4.61. The second kappa shape index (κ2) is 55.7. The van der Waals surface area contributed by atoms with Crippen molar-refractivity contribution in [3.05, 3.63) is 24.3 Å². The first-order valence-corrected chi connectivity index (χ1v) is 33.7. The van der Waals surface area contributed by atoms with Gasteiger partial charge in [-0.05, 0) is 32.1 Å². The first kappa shape index (κ1) is 72.0. The summed E-state index contributed by atoms with van der Waals surface area (Å²) in [6.45, 7) is 4.69. The maximum Gasteiger partial charge on any atom is 0.268 e. The van der Waals surface area contributed by atoms with Gasteiger partial charge in [0, 0.05) is 6.42 Å². The van der Waals surface area contributed by atoms with Crippen LogP contribution in [0.1, 0.15) is 328 Å². The number of hydrogen-bond acceptors (Lipinski definition) is 6. The number of allylic oxidation sites excluding steroid dienone is 3. The molecular weight excluding hydrogens is 924 g/mol. The number of rotatable bonds is 60. The zero-order chi connectivity index (χ0) is 53.5. The topological polar surface area (TPSA) is 108 Å². The first-order chi connectivity index (χ1) is 35.5. The monoisotopic (exact) mass is 1050 g/mol. The zero-order valence-electron chi connectivity index (χ0n) is 49.6. The molecule has 2 N–H and O–H groups in total. The Balaban J connectivity index is 4.12. The summed E-state index contributed by atoms with van der Waals surface area (Å²) in [5, 5.41) is 13.9. The Morgan fingerprint density at radius 2 is 0.767 bits per heavy atom. The number of aliphatic hydroxyl groups excluding tert-OH is 1. The maximum absolute atomic E-state index is 13.0. The largest absolute Gasteiger partial charge is 0.756 e. The van der Waals surface area contributed by atoms with Crippen molar-refractivity contribution in [1.29, 1.82) is 0 Å². The molecule has 0 saturated carbocycles. The van der Waals surface area contributed by atoms with Gasteiger partial charge in [-0.3, -0.25) is 9.36 Å². The van der Waals surface area contributed by atoms with Crippen LogP contribution in [0.3, 0.4) is 0 Å². The number of carbonyl (C=O) groups excluding carboxylic acids is 1. The van der Waals surface area contributed by atoms with Gasteiger partial charge in [-0.15, -0.1) is 0 Å². The number of phosphoric ester groups is 1. The van der Waals surface area contributed by atoms with Crippen LogP contribution in [0.15, 0.2) is 24.3 Å². The molecule has 434 valence electrons. The van der Waals surface area contributed by atoms with Gasteiger partial charge in [0.25, 0.3) is 7.82 Å². The van der Waals surface area contributed by atoms with Crippen LogP contribution in [-0.2, 0) is 18.4 Å². The number of amides is 1. The third-order valence-electron chi connectivity index (χ3n) is 14.9. The van der Waals surface area contributed by atoms with E-state index in [0.29, 0.717) is 17.4 Å². The van der Waals surface area contributed by atoms with Crippen molar-refractivity contribution in [1.82, 2.24) is 5.32 Å². The number of nitrogens with zero attached hydrogens (tertiary/aromatic N) is 1. The second-order valence-corrected chi connectivity index (χ2v) is 24.9. The molecule has 0 aromatic heterocycles. The molecule has 3 unspecified atom stereocenters. The number of phosphoric acid groups is 1. The minimum Gasteiger partial charge on any atom is -0.756 e. The van der Waals surface area contributed by atoms with E-state index in [1.54, 1.807) is 6.08 Å². The second-order valence-electron chi connectivity index (χ2n) is 23.5. The Morgan fingerprint density at radius 3 is 1.11 bits per heavy atom. The molecule has 3 atom stereocenters. The molecular formula is C64H127N2O6P. The highest BCUT2D eigenvalue weighted by Crippen LogP contribution is 2.38. The minimum absolute atomic E-state index is 0.00354. The van der Waals surface area contributed by atoms with Crippen LogP contribution in [0.2, 0.25) is 0 Å². The number of carbonyl (C=O) groups is 1. The van der Waals surface area contributed by atoms with Gasteiger partial charge in [-0.2, -0.15) is 0 Å². The van der Waals surface area contributed by atoms with Crippen LogP contribution in [0.25, 0.3) is 0 Å². The molecule has 73 heavy (non-hydrogen) atoms. The standard InChI is InChI=1S/C64H127N2O6P/c1-6-8-10-12-14-16-18-20-22-24-26-28-30-31-32-33-34-36-38-40-42-44-46-48-50-52-54-56-58-64(68)65-62(61-72-73(69,70)71-60-59-66(3,4)5)63(67)57-55-53-51-49-47-45-43-41-39-37-35-29-27-25-23-21-19-17-15-13-11-9-7-2/h47,49,55,57,62-63,67H,6-46,48,50-54,56,58-61H2,1-5H3,(H-,65,68,69,70)/b49-47+,57-55+. The Kier molecular flexibility index (Phi) is 54.9. The summed E-state index contributed by atoms with van der Waals surface area (Å²) in [4.78, 5) is 25.6. The maximum atomic E-state index is 13.0. The van der Waals surface area contributed by atoms with Gasteiger partial charge >= 0.3 is 0 Å². The lowest BCUT2D eigenvalue weighted by Crippen LogP contribution is -2.45. The van der Waals surface area contributed by atoms with Crippen molar-refractivity contribution in [2.75, 3.05) is 40.9 Å². The average Bonchev–Trinajstić information content (AvgIpc) is 3.35. The molecule has 0 aliphatic heterocycles. The molecule has 8 nitrogen and oxygen atoms in total. The van der Waals surface area contributed by atoms with E-state index < -0.39 is 20.0 Å². The van der Waals surface area contributed by atoms with E-state index in [0.717, 1.165) is 38.5 Å². The molecule has 0 rings (SSSR count). The van der Waals surface area contributed by atoms with Gasteiger partial charge in [0.1, 0.15) is 13.2 Å². The van der Waals surface area contributed by atoms with E-state index in [1.807, 2.05) is 27.2 Å². The SMILES string of the molecule is CCCCCCCCCCCCCCCCCCC/C=C/CC/C=C/C(O)C(COP(=O)([O-])OCC[N+](C)(C)C)NC(=O)CCCCCCCCCCCCCCCCCCCCCCCCCCCCCC. The molecule has 9 heteroatoms. The Bertz CT molecular complexity index is 1240. The van der Waals surface area contributed by atoms with E-state index in [4.69, 9.17) is 9.05 Å². The van der Waals surface area contributed by atoms with Gasteiger partial charge in [0.15, 0.2) is 0 Å². The van der Waals surface area contributed by atoms with E-state index in [2.05, 4.69) is 31.3 Å². The Hall–Kier alpha value is -1.02. The first-order valence-electron chi connectivity index (χ1n) is 32.2. The van der Waals surface area contributed by atoms with Crippen LogP contribution in [-0.4, -0.2) is 68.5 Å². The number of hydrogen-bond donors (Lipinski definition) is 2. The van der Waals surface area contributed by atoms with E-state index in [9.17, 15) is 19.4 Å². The van der Waals surface area contributed by atoms with Gasteiger partial charge in [-0.1, -0.05) is 314 Å². The van der Waals surface area contributed by atoms with Crippen LogP contribution in [0, 0.1) is 0 Å². The van der Waals surface area contributed by atoms with Crippen molar-refractivity contribution in [3.8, 4) is 0 Å². The molecule has 0 spiro atoms. The van der Waals surface area contributed by atoms with Crippen molar-refractivity contribution >= 4 is 13.7 Å². The Morgan fingerprint density at radius 1 is 0.466 bits per heavy atom. The zero-order valence-corrected chi connectivity index (χ0v) is 50.5. The fourth-order valence-corrected chi connectivity index (χ4v) is 10.6. The van der Waals surface area contributed by atoms with Crippen LogP contribution in [0.5, 0.6) is 0 Å². The molecule has 0 saturated heterocycles. The molecule has 0 bridgehead atoms. The fraction of sp³-hybridized carbons (Fsp3) is 0.922. The highest BCUT2D eigenvalue weighted by Gasteiger charge is 2.23. The number of quaternary nitrogens is 1. The summed E-state index contributed by atoms with van der Waals surface area (Å²) in [6, 6.07) is -0.901. The summed E-state index contributed by atoms with van der Waals surface area (Å²) in [6.07, 6.45) is 71.4. The summed E-state index contributed by atoms with van der Waals surface area (Å²) >= 11 is 0. The fourth-order valence-electron chi connectivity index (χ4n) is 9.88. The van der Waals surface area contributed by atoms with E-state index >= 15 is 0 Å². The lowest BCUT2D eigenvalue weighted by Gasteiger charge is -2.29. The molecule has 0 aliphatic rings. The van der Waals surface area contributed by atoms with E-state index in [-0.39, 0.29) is 19.1 Å². The summed E-state index contributed by atoms with van der Waals surface area (Å²) < 4.78 is 23.4. The van der Waals surface area contributed by atoms with Crippen molar-refractivity contribution < 1.29 is 32.9 Å². The molecule has 0 radical (unpaired) electrons. The average molecular weight is 1050 g/mol. The van der Waals surface area contributed by atoms with Crippen LogP contribution >= 0.6 is 7.82 Å². The highest BCUT2D eigenvalue weighted by molar-refractivity contribution is 7.45. The number of aliphatic hydroxyl groups is 1. The van der Waals surface area contributed by atoms with Crippen molar-refractivity contribution in [3.63, 3.8) is 0 Å². The van der Waals surface area contributed by atoms with Gasteiger partial charge < -0.3 is 28.8 Å². The van der Waals surface area contributed by atoms with Crippen molar-refractivity contribution in [2.24, 2.45) is 0 Å². The quantitative estimate of drug-likeness (QED) is 0.0272. The molecule has 0 aliphatic carbocycles. The molecule has 0 heterocycles. The summed E-state index contributed by atoms with van der Waals surface area (Å²) in [5.74, 6) is -0.199. The normalized spacial score (nSPS) is 13.9. The predicted octanol–water partition coefficient (Wildman–Crippen LogP) is 19.3. The molecule has 0 aromatic rings. The predicted molar refractivity (Wildman–Crippen MR) is 316 cm³/mol. The third-order valence-corrected chi connectivity index (χ3v) is 15.9. The summed E-state index contributed by atoms with van der Waals surface area (Å²) in [5.41, 5.74) is 0. The van der Waals surface area contributed by atoms with Crippen molar-refractivity contribution in [2.45, 2.75) is 341 Å². The summed E-state index contributed by atoms with van der Waals surface area (Å²) in [7, 11) is 1.26. The number of unbranched alkanes of at least 4 members (excludes halogenated alkanes) is 45. The lowest BCUT2D eigenvalue weighted by molar-refractivity contribution is -0.870. The smallest absolute Gasteiger partial charge is 0.268 e. The third kappa shape index (κ3) is 58.5. The molecule has 0 aromatic carbocycles. The number of likely N-dealkylation sites (N-methyl/N-ethyl adjacent to an activating group) is 1. The van der Waals surface area contributed by atoms with Gasteiger partial charge in [0.05, 0.1) is 39.9 Å². The molecule has 1 amide bonds. The highest BCUT2D eigenvalue weighted by atomic mass is 31.2. The van der Waals surface area contributed by atoms with Crippen LogP contribution in [0.4, 0.5) is 0 Å².